The van der Waals surface area contributed by atoms with E-state index in [1.54, 1.807) is 0 Å². The first-order valence-corrected chi connectivity index (χ1v) is 6.44. The first-order valence-electron chi connectivity index (χ1n) is 6.44. The van der Waals surface area contributed by atoms with Gasteiger partial charge in [-0.3, -0.25) is 4.79 Å². The second kappa shape index (κ2) is 6.86. The van der Waals surface area contributed by atoms with Gasteiger partial charge in [0.05, 0.1) is 5.92 Å². The molecule has 1 aliphatic rings. The van der Waals surface area contributed by atoms with Crippen LogP contribution in [0.5, 0.6) is 0 Å². The lowest BCUT2D eigenvalue weighted by atomic mass is 10.0. The van der Waals surface area contributed by atoms with E-state index in [9.17, 15) is 4.79 Å². The van der Waals surface area contributed by atoms with Crippen LogP contribution in [-0.2, 0) is 4.79 Å². The van der Waals surface area contributed by atoms with Gasteiger partial charge in [-0.05, 0) is 13.0 Å². The molecule has 4 heteroatoms. The van der Waals surface area contributed by atoms with Gasteiger partial charge in [-0.1, -0.05) is 20.3 Å². The molecule has 0 aromatic rings. The fraction of sp³-hybridized carbons (Fsp3) is 0.917. The predicted octanol–water partition coefficient (Wildman–Crippen LogP) is 0.526. The summed E-state index contributed by atoms with van der Waals surface area (Å²) in [6.07, 6.45) is 1.95. The number of hydrogen-bond acceptors (Lipinski definition) is 3. The third kappa shape index (κ3) is 3.46. The van der Waals surface area contributed by atoms with Crippen LogP contribution < -0.4 is 5.73 Å². The maximum atomic E-state index is 12.1. The number of nitrogens with zero attached hydrogens (tertiary/aromatic N) is 2. The molecule has 94 valence electrons. The van der Waals surface area contributed by atoms with Crippen LogP contribution in [0.25, 0.3) is 0 Å². The largest absolute Gasteiger partial charge is 0.340 e. The van der Waals surface area contributed by atoms with Crippen molar-refractivity contribution in [2.24, 2.45) is 11.7 Å². The van der Waals surface area contributed by atoms with E-state index < -0.39 is 0 Å². The Bertz CT molecular complexity index is 212. The molecule has 2 N–H and O–H groups in total. The summed E-state index contributed by atoms with van der Waals surface area (Å²) in [5, 5.41) is 0. The molecule has 0 radical (unpaired) electrons. The third-order valence-electron chi connectivity index (χ3n) is 3.40. The summed E-state index contributed by atoms with van der Waals surface area (Å²) in [6.45, 7) is 9.58. The average molecular weight is 227 g/mol. The number of amides is 1. The van der Waals surface area contributed by atoms with Gasteiger partial charge in [0.1, 0.15) is 0 Å². The van der Waals surface area contributed by atoms with Crippen molar-refractivity contribution in [3.63, 3.8) is 0 Å². The van der Waals surface area contributed by atoms with Gasteiger partial charge in [-0.15, -0.1) is 0 Å². The Hall–Kier alpha value is -0.610. The highest BCUT2D eigenvalue weighted by Gasteiger charge is 2.25. The molecule has 1 saturated heterocycles. The molecule has 16 heavy (non-hydrogen) atoms. The molecule has 4 nitrogen and oxygen atoms in total. The van der Waals surface area contributed by atoms with Crippen molar-refractivity contribution in [3.05, 3.63) is 0 Å². The summed E-state index contributed by atoms with van der Waals surface area (Å²) >= 11 is 0. The predicted molar refractivity (Wildman–Crippen MR) is 66.1 cm³/mol. The van der Waals surface area contributed by atoms with Crippen molar-refractivity contribution in [2.45, 2.75) is 26.7 Å². The summed E-state index contributed by atoms with van der Waals surface area (Å²) in [6, 6.07) is 0. The van der Waals surface area contributed by atoms with Gasteiger partial charge in [0.2, 0.25) is 5.91 Å². The molecule has 0 bridgehead atoms. The number of piperazine rings is 1. The Morgan fingerprint density at radius 1 is 1.25 bits per heavy atom. The number of carbonyl (C=O) groups excluding carboxylic acids is 1. The van der Waals surface area contributed by atoms with Gasteiger partial charge < -0.3 is 15.5 Å². The molecule has 0 saturated carbocycles. The topological polar surface area (TPSA) is 49.6 Å². The highest BCUT2D eigenvalue weighted by atomic mass is 16.2. The first-order chi connectivity index (χ1) is 7.72. The summed E-state index contributed by atoms with van der Waals surface area (Å²) in [5.41, 5.74) is 5.66. The van der Waals surface area contributed by atoms with E-state index in [-0.39, 0.29) is 11.8 Å². The van der Waals surface area contributed by atoms with Crippen LogP contribution in [0.3, 0.4) is 0 Å². The highest BCUT2D eigenvalue weighted by Crippen LogP contribution is 2.11. The first kappa shape index (κ1) is 13.5. The van der Waals surface area contributed by atoms with Crippen LogP contribution in [-0.4, -0.2) is 55.0 Å². The number of likely N-dealkylation sites (N-methyl/N-ethyl adjacent to an activating group) is 1. The van der Waals surface area contributed by atoms with Crippen molar-refractivity contribution in [1.82, 2.24) is 9.80 Å². The quantitative estimate of drug-likeness (QED) is 0.745. The molecule has 1 unspecified atom stereocenters. The number of carbonyl (C=O) groups is 1. The van der Waals surface area contributed by atoms with Gasteiger partial charge in [-0.25, -0.2) is 0 Å². The Balaban J connectivity index is 2.42. The maximum absolute atomic E-state index is 12.1. The number of nitrogens with two attached hydrogens (primary N) is 1. The van der Waals surface area contributed by atoms with E-state index in [1.165, 1.54) is 0 Å². The van der Waals surface area contributed by atoms with E-state index in [1.807, 2.05) is 4.90 Å². The minimum absolute atomic E-state index is 0.0400. The van der Waals surface area contributed by atoms with Crippen LogP contribution in [0.15, 0.2) is 0 Å². The van der Waals surface area contributed by atoms with Gasteiger partial charge in [0.25, 0.3) is 0 Å². The van der Waals surface area contributed by atoms with Gasteiger partial charge >= 0.3 is 0 Å². The van der Waals surface area contributed by atoms with Crippen LogP contribution in [0.1, 0.15) is 26.7 Å². The summed E-state index contributed by atoms with van der Waals surface area (Å²) < 4.78 is 0. The Labute approximate surface area is 98.8 Å². The average Bonchev–Trinajstić information content (AvgIpc) is 2.35. The summed E-state index contributed by atoms with van der Waals surface area (Å²) in [7, 11) is 0. The molecular formula is C12H25N3O. The van der Waals surface area contributed by atoms with Crippen LogP contribution in [0, 0.1) is 5.92 Å². The zero-order chi connectivity index (χ0) is 12.0. The molecule has 0 aliphatic carbocycles. The van der Waals surface area contributed by atoms with Crippen LogP contribution in [0.2, 0.25) is 0 Å². The molecular weight excluding hydrogens is 202 g/mol. The Kier molecular flexibility index (Phi) is 5.77. The fourth-order valence-electron chi connectivity index (χ4n) is 2.23. The zero-order valence-corrected chi connectivity index (χ0v) is 10.6. The lowest BCUT2D eigenvalue weighted by Crippen LogP contribution is -2.51. The number of rotatable bonds is 5. The molecule has 1 fully saturated rings. The molecule has 1 atom stereocenters. The lowest BCUT2D eigenvalue weighted by molar-refractivity contribution is -0.137. The zero-order valence-electron chi connectivity index (χ0n) is 10.6. The smallest absolute Gasteiger partial charge is 0.227 e. The van der Waals surface area contributed by atoms with Crippen LogP contribution >= 0.6 is 0 Å². The fourth-order valence-corrected chi connectivity index (χ4v) is 2.23. The molecule has 1 amide bonds. The highest BCUT2D eigenvalue weighted by molar-refractivity contribution is 5.79. The SMILES string of the molecule is CCCC(CN)C(=O)N1CCN(CC)CC1. The van der Waals surface area contributed by atoms with Crippen molar-refractivity contribution in [1.29, 1.82) is 0 Å². The summed E-state index contributed by atoms with van der Waals surface area (Å²) in [5.74, 6) is 0.304. The van der Waals surface area contributed by atoms with E-state index in [2.05, 4.69) is 18.7 Å². The molecule has 0 aromatic carbocycles. The summed E-state index contributed by atoms with van der Waals surface area (Å²) in [4.78, 5) is 16.5. The number of hydrogen-bond donors (Lipinski definition) is 1. The minimum atomic E-state index is 0.0400. The molecule has 1 aliphatic heterocycles. The van der Waals surface area contributed by atoms with Gasteiger partial charge in [0.15, 0.2) is 0 Å². The Morgan fingerprint density at radius 3 is 2.31 bits per heavy atom. The standard InChI is InChI=1S/C12H25N3O/c1-3-5-11(10-13)12(16)15-8-6-14(4-2)7-9-15/h11H,3-10,13H2,1-2H3. The maximum Gasteiger partial charge on any atom is 0.227 e. The monoisotopic (exact) mass is 227 g/mol. The van der Waals surface area contributed by atoms with Crippen molar-refractivity contribution in [2.75, 3.05) is 39.3 Å². The molecule has 0 spiro atoms. The van der Waals surface area contributed by atoms with Crippen LogP contribution in [0.4, 0.5) is 0 Å². The van der Waals surface area contributed by atoms with Crippen molar-refractivity contribution >= 4 is 5.91 Å². The van der Waals surface area contributed by atoms with E-state index in [0.29, 0.717) is 6.54 Å². The normalized spacial score (nSPS) is 19.8. The third-order valence-corrected chi connectivity index (χ3v) is 3.40. The Morgan fingerprint density at radius 2 is 1.88 bits per heavy atom. The minimum Gasteiger partial charge on any atom is -0.340 e. The lowest BCUT2D eigenvalue weighted by Gasteiger charge is -2.35. The second-order valence-corrected chi connectivity index (χ2v) is 4.48. The molecule has 1 rings (SSSR count). The van der Waals surface area contributed by atoms with Crippen molar-refractivity contribution < 1.29 is 4.79 Å². The second-order valence-electron chi connectivity index (χ2n) is 4.48. The molecule has 0 aromatic heterocycles. The van der Waals surface area contributed by atoms with Gasteiger partial charge in [0, 0.05) is 32.7 Å². The van der Waals surface area contributed by atoms with E-state index in [4.69, 9.17) is 5.73 Å². The van der Waals surface area contributed by atoms with E-state index in [0.717, 1.165) is 45.6 Å². The van der Waals surface area contributed by atoms with E-state index >= 15 is 0 Å². The van der Waals surface area contributed by atoms with Gasteiger partial charge in [-0.2, -0.15) is 0 Å². The molecule has 1 heterocycles. The van der Waals surface area contributed by atoms with Crippen molar-refractivity contribution in [3.8, 4) is 0 Å².